The zero-order valence-corrected chi connectivity index (χ0v) is 11.9. The Hall–Kier alpha value is -1.52. The van der Waals surface area contributed by atoms with Crippen LogP contribution in [0.3, 0.4) is 0 Å². The Balaban J connectivity index is 1.94. The zero-order valence-electron chi connectivity index (χ0n) is 11.1. The van der Waals surface area contributed by atoms with Crippen LogP contribution in [0.25, 0.3) is 10.8 Å². The van der Waals surface area contributed by atoms with Gasteiger partial charge >= 0.3 is 0 Å². The van der Waals surface area contributed by atoms with E-state index in [0.717, 1.165) is 42.3 Å². The molecule has 0 unspecified atom stereocenters. The van der Waals surface area contributed by atoms with Crippen molar-refractivity contribution in [3.05, 3.63) is 29.4 Å². The van der Waals surface area contributed by atoms with Gasteiger partial charge in [-0.3, -0.25) is 0 Å². The Morgan fingerprint density at radius 2 is 1.95 bits per heavy atom. The minimum Gasteiger partial charge on any atom is -0.398 e. The third-order valence-corrected chi connectivity index (χ3v) is 4.26. The topological polar surface area (TPSA) is 71.2 Å². The Kier molecular flexibility index (Phi) is 3.68. The number of pyridine rings is 1. The van der Waals surface area contributed by atoms with Gasteiger partial charge in [-0.2, -0.15) is 0 Å². The Labute approximate surface area is 123 Å². The van der Waals surface area contributed by atoms with E-state index in [2.05, 4.69) is 10.3 Å². The molecular formula is C15H18ClN3O. The number of hydrogen-bond donors (Lipinski definition) is 3. The molecule has 1 aromatic heterocycles. The standard InChI is InChI=1S/C15H18ClN3O/c16-12-5-6-13(17)11-7-8-18-15(14(11)12)19-9-1-3-10(20)4-2-9/h5-10,20H,1-4,17H2,(H,18,19). The van der Waals surface area contributed by atoms with Crippen LogP contribution < -0.4 is 11.1 Å². The van der Waals surface area contributed by atoms with Gasteiger partial charge in [0.1, 0.15) is 5.82 Å². The summed E-state index contributed by atoms with van der Waals surface area (Å²) in [5, 5.41) is 15.5. The van der Waals surface area contributed by atoms with Gasteiger partial charge in [-0.1, -0.05) is 11.6 Å². The second-order valence-electron chi connectivity index (χ2n) is 5.37. The van der Waals surface area contributed by atoms with Crippen LogP contribution in [0, 0.1) is 0 Å². The minimum atomic E-state index is -0.159. The molecule has 1 heterocycles. The summed E-state index contributed by atoms with van der Waals surface area (Å²) < 4.78 is 0. The lowest BCUT2D eigenvalue weighted by atomic mass is 9.93. The first-order chi connectivity index (χ1) is 9.65. The molecule has 4 N–H and O–H groups in total. The van der Waals surface area contributed by atoms with E-state index in [1.165, 1.54) is 0 Å². The number of aromatic nitrogens is 1. The molecule has 0 saturated heterocycles. The van der Waals surface area contributed by atoms with Crippen LogP contribution in [0.4, 0.5) is 11.5 Å². The first kappa shape index (κ1) is 13.5. The molecular weight excluding hydrogens is 274 g/mol. The molecule has 106 valence electrons. The van der Waals surface area contributed by atoms with E-state index < -0.39 is 0 Å². The Morgan fingerprint density at radius 1 is 1.20 bits per heavy atom. The van der Waals surface area contributed by atoms with Crippen LogP contribution in [0.1, 0.15) is 25.7 Å². The summed E-state index contributed by atoms with van der Waals surface area (Å²) in [6, 6.07) is 5.82. The third-order valence-electron chi connectivity index (χ3n) is 3.95. The van der Waals surface area contributed by atoms with E-state index in [1.807, 2.05) is 12.1 Å². The second-order valence-corrected chi connectivity index (χ2v) is 5.78. The molecule has 1 aliphatic carbocycles. The highest BCUT2D eigenvalue weighted by atomic mass is 35.5. The number of rotatable bonds is 2. The van der Waals surface area contributed by atoms with Crippen molar-refractivity contribution in [1.29, 1.82) is 0 Å². The van der Waals surface area contributed by atoms with Crippen molar-refractivity contribution >= 4 is 33.9 Å². The average Bonchev–Trinajstić information content (AvgIpc) is 2.46. The molecule has 4 nitrogen and oxygen atoms in total. The number of aliphatic hydroxyl groups excluding tert-OH is 1. The van der Waals surface area contributed by atoms with Crippen LogP contribution in [0.15, 0.2) is 24.4 Å². The van der Waals surface area contributed by atoms with Crippen LogP contribution in [0.2, 0.25) is 5.02 Å². The summed E-state index contributed by atoms with van der Waals surface area (Å²) in [6.07, 6.45) is 5.14. The molecule has 5 heteroatoms. The fourth-order valence-corrected chi connectivity index (χ4v) is 3.06. The molecule has 1 aromatic carbocycles. The van der Waals surface area contributed by atoms with Crippen molar-refractivity contribution in [3.8, 4) is 0 Å². The van der Waals surface area contributed by atoms with Crippen LogP contribution in [0.5, 0.6) is 0 Å². The zero-order chi connectivity index (χ0) is 14.1. The molecule has 0 radical (unpaired) electrons. The lowest BCUT2D eigenvalue weighted by molar-refractivity contribution is 0.126. The van der Waals surface area contributed by atoms with Crippen LogP contribution >= 0.6 is 11.6 Å². The molecule has 2 aromatic rings. The van der Waals surface area contributed by atoms with E-state index in [1.54, 1.807) is 12.3 Å². The monoisotopic (exact) mass is 291 g/mol. The maximum Gasteiger partial charge on any atom is 0.135 e. The van der Waals surface area contributed by atoms with E-state index in [9.17, 15) is 5.11 Å². The number of aliphatic hydroxyl groups is 1. The molecule has 1 saturated carbocycles. The third kappa shape index (κ3) is 2.53. The van der Waals surface area contributed by atoms with Crippen molar-refractivity contribution in [3.63, 3.8) is 0 Å². The van der Waals surface area contributed by atoms with Gasteiger partial charge in [0.25, 0.3) is 0 Å². The van der Waals surface area contributed by atoms with Gasteiger partial charge < -0.3 is 16.2 Å². The number of nitrogen functional groups attached to an aromatic ring is 1. The molecule has 3 rings (SSSR count). The van der Waals surface area contributed by atoms with Crippen molar-refractivity contribution in [2.75, 3.05) is 11.1 Å². The first-order valence-corrected chi connectivity index (χ1v) is 7.30. The summed E-state index contributed by atoms with van der Waals surface area (Å²) in [5.74, 6) is 0.779. The van der Waals surface area contributed by atoms with Gasteiger partial charge in [-0.15, -0.1) is 0 Å². The van der Waals surface area contributed by atoms with Crippen molar-refractivity contribution < 1.29 is 5.11 Å². The summed E-state index contributed by atoms with van der Waals surface area (Å²) in [5.41, 5.74) is 6.70. The fraction of sp³-hybridized carbons (Fsp3) is 0.400. The van der Waals surface area contributed by atoms with E-state index in [4.69, 9.17) is 17.3 Å². The molecule has 20 heavy (non-hydrogen) atoms. The molecule has 0 amide bonds. The van der Waals surface area contributed by atoms with Gasteiger partial charge in [0, 0.05) is 28.7 Å². The van der Waals surface area contributed by atoms with Crippen molar-refractivity contribution in [2.24, 2.45) is 0 Å². The quantitative estimate of drug-likeness (QED) is 0.743. The maximum atomic E-state index is 9.56. The molecule has 0 aliphatic heterocycles. The molecule has 0 atom stereocenters. The number of halogens is 1. The lowest BCUT2D eigenvalue weighted by Crippen LogP contribution is -2.28. The van der Waals surface area contributed by atoms with Gasteiger partial charge in [0.05, 0.1) is 11.1 Å². The van der Waals surface area contributed by atoms with Gasteiger partial charge in [-0.05, 0) is 43.9 Å². The number of nitrogens with one attached hydrogen (secondary N) is 1. The molecule has 0 bridgehead atoms. The van der Waals surface area contributed by atoms with Crippen molar-refractivity contribution in [1.82, 2.24) is 4.98 Å². The number of benzene rings is 1. The highest BCUT2D eigenvalue weighted by molar-refractivity contribution is 6.37. The Bertz CT molecular complexity index is 624. The second kappa shape index (κ2) is 5.46. The first-order valence-electron chi connectivity index (χ1n) is 6.92. The van der Waals surface area contributed by atoms with Crippen molar-refractivity contribution in [2.45, 2.75) is 37.8 Å². The van der Waals surface area contributed by atoms with Gasteiger partial charge in [0.15, 0.2) is 0 Å². The highest BCUT2D eigenvalue weighted by Gasteiger charge is 2.20. The average molecular weight is 292 g/mol. The maximum absolute atomic E-state index is 9.56. The van der Waals surface area contributed by atoms with E-state index >= 15 is 0 Å². The summed E-state index contributed by atoms with van der Waals surface area (Å²) >= 11 is 6.30. The van der Waals surface area contributed by atoms with Gasteiger partial charge in [-0.25, -0.2) is 4.98 Å². The predicted molar refractivity (Wildman–Crippen MR) is 83.1 cm³/mol. The van der Waals surface area contributed by atoms with E-state index in [0.29, 0.717) is 16.8 Å². The normalized spacial score (nSPS) is 22.9. The summed E-state index contributed by atoms with van der Waals surface area (Å²) in [4.78, 5) is 4.41. The summed E-state index contributed by atoms with van der Waals surface area (Å²) in [6.45, 7) is 0. The fourth-order valence-electron chi connectivity index (χ4n) is 2.80. The minimum absolute atomic E-state index is 0.159. The highest BCUT2D eigenvalue weighted by Crippen LogP contribution is 2.33. The smallest absolute Gasteiger partial charge is 0.135 e. The number of anilines is 2. The number of nitrogens with two attached hydrogens (primary N) is 1. The molecule has 0 spiro atoms. The Morgan fingerprint density at radius 3 is 2.70 bits per heavy atom. The number of fused-ring (bicyclic) bond motifs is 1. The SMILES string of the molecule is Nc1ccc(Cl)c2c(NC3CCC(O)CC3)nccc12. The molecule has 1 fully saturated rings. The van der Waals surface area contributed by atoms with Crippen LogP contribution in [-0.4, -0.2) is 22.2 Å². The summed E-state index contributed by atoms with van der Waals surface area (Å²) in [7, 11) is 0. The van der Waals surface area contributed by atoms with Gasteiger partial charge in [0.2, 0.25) is 0 Å². The lowest BCUT2D eigenvalue weighted by Gasteiger charge is -2.27. The number of nitrogens with zero attached hydrogens (tertiary/aromatic N) is 1. The number of hydrogen-bond acceptors (Lipinski definition) is 4. The largest absolute Gasteiger partial charge is 0.398 e. The van der Waals surface area contributed by atoms with E-state index in [-0.39, 0.29) is 6.10 Å². The predicted octanol–water partition coefficient (Wildman–Crippen LogP) is 3.19. The van der Waals surface area contributed by atoms with Crippen LogP contribution in [-0.2, 0) is 0 Å². The molecule has 1 aliphatic rings.